The van der Waals surface area contributed by atoms with Crippen LogP contribution in [0, 0.1) is 29.0 Å². The molecule has 5 rings (SSSR count). The first kappa shape index (κ1) is 23.3. The minimum absolute atomic E-state index is 0.0533. The molecule has 3 aliphatic rings. The van der Waals surface area contributed by atoms with E-state index in [9.17, 15) is 27.2 Å². The molecule has 1 aliphatic carbocycles. The van der Waals surface area contributed by atoms with Gasteiger partial charge in [-0.1, -0.05) is 12.1 Å². The lowest BCUT2D eigenvalue weighted by molar-refractivity contribution is -0.138. The van der Waals surface area contributed by atoms with Gasteiger partial charge in [-0.15, -0.1) is 0 Å². The maximum atomic E-state index is 14.8. The second-order valence-electron chi connectivity index (χ2n) is 9.24. The second-order valence-corrected chi connectivity index (χ2v) is 9.24. The lowest BCUT2D eigenvalue weighted by Crippen LogP contribution is -2.51. The van der Waals surface area contributed by atoms with Gasteiger partial charge in [0.25, 0.3) is 5.91 Å². The Morgan fingerprint density at radius 1 is 1.14 bits per heavy atom. The lowest BCUT2D eigenvalue weighted by Gasteiger charge is -2.36. The van der Waals surface area contributed by atoms with E-state index < -0.39 is 35.5 Å². The highest BCUT2D eigenvalue weighted by atomic mass is 19.4. The number of nitrogens with one attached hydrogen (secondary N) is 1. The van der Waals surface area contributed by atoms with Crippen molar-refractivity contribution >= 4 is 11.8 Å². The molecule has 1 N–H and O–H groups in total. The first-order valence-corrected chi connectivity index (χ1v) is 11.2. The quantitative estimate of drug-likeness (QED) is 0.651. The van der Waals surface area contributed by atoms with Crippen molar-refractivity contribution in [3.8, 4) is 6.07 Å². The molecular formula is C25H21F4N3O3. The molecule has 2 aromatic rings. The summed E-state index contributed by atoms with van der Waals surface area (Å²) < 4.78 is 58.9. The van der Waals surface area contributed by atoms with Gasteiger partial charge in [-0.25, -0.2) is 4.39 Å². The second kappa shape index (κ2) is 8.64. The third-order valence-electron chi connectivity index (χ3n) is 6.98. The monoisotopic (exact) mass is 487 g/mol. The number of benzene rings is 2. The van der Waals surface area contributed by atoms with Crippen LogP contribution >= 0.6 is 0 Å². The maximum absolute atomic E-state index is 14.8. The van der Waals surface area contributed by atoms with Gasteiger partial charge in [-0.2, -0.15) is 18.4 Å². The third kappa shape index (κ3) is 4.36. The minimum atomic E-state index is -4.69. The van der Waals surface area contributed by atoms with Crippen LogP contribution in [0.1, 0.15) is 45.9 Å². The van der Waals surface area contributed by atoms with Gasteiger partial charge in [0.2, 0.25) is 5.91 Å². The summed E-state index contributed by atoms with van der Waals surface area (Å²) >= 11 is 0. The number of hydrogen-bond donors (Lipinski definition) is 1. The number of hydrogen-bond acceptors (Lipinski definition) is 4. The van der Waals surface area contributed by atoms with Crippen molar-refractivity contribution in [1.29, 1.82) is 5.26 Å². The zero-order chi connectivity index (χ0) is 24.9. The fourth-order valence-electron chi connectivity index (χ4n) is 4.95. The molecule has 4 atom stereocenters. The molecule has 10 heteroatoms. The number of likely N-dealkylation sites (tertiary alicyclic amines) is 1. The molecule has 182 valence electrons. The Kier molecular flexibility index (Phi) is 5.75. The number of alkyl halides is 3. The van der Waals surface area contributed by atoms with E-state index in [1.165, 1.54) is 11.0 Å². The summed E-state index contributed by atoms with van der Waals surface area (Å²) in [4.78, 5) is 28.1. The van der Waals surface area contributed by atoms with Gasteiger partial charge in [0.1, 0.15) is 11.9 Å². The SMILES string of the molecule is N#Cc1cccc(C(=O)N2[C@@H](C(=O)N[C@@H](c3ccc(C(F)(F)F)cc3F)C3COC3)C[C@H]3C[C@H]32)c1. The highest BCUT2D eigenvalue weighted by molar-refractivity contribution is 5.99. The van der Waals surface area contributed by atoms with Crippen molar-refractivity contribution in [2.75, 3.05) is 13.2 Å². The molecule has 2 saturated heterocycles. The average molecular weight is 487 g/mol. The Labute approximate surface area is 198 Å². The van der Waals surface area contributed by atoms with E-state index >= 15 is 0 Å². The smallest absolute Gasteiger partial charge is 0.381 e. The molecular weight excluding hydrogens is 466 g/mol. The van der Waals surface area contributed by atoms with Crippen molar-refractivity contribution in [3.05, 3.63) is 70.5 Å². The zero-order valence-corrected chi connectivity index (χ0v) is 18.4. The molecule has 2 heterocycles. The predicted octanol–water partition coefficient (Wildman–Crippen LogP) is 3.82. The molecule has 2 aromatic carbocycles. The molecule has 35 heavy (non-hydrogen) atoms. The third-order valence-corrected chi connectivity index (χ3v) is 6.98. The van der Waals surface area contributed by atoms with Crippen LogP contribution in [0.25, 0.3) is 0 Å². The highest BCUT2D eigenvalue weighted by Crippen LogP contribution is 2.48. The van der Waals surface area contributed by atoms with Gasteiger partial charge in [-0.05, 0) is 49.1 Å². The molecule has 0 spiro atoms. The van der Waals surface area contributed by atoms with Crippen molar-refractivity contribution in [3.63, 3.8) is 0 Å². The first-order chi connectivity index (χ1) is 16.7. The van der Waals surface area contributed by atoms with E-state index in [0.29, 0.717) is 23.6 Å². The maximum Gasteiger partial charge on any atom is 0.416 e. The van der Waals surface area contributed by atoms with E-state index in [2.05, 4.69) is 5.32 Å². The van der Waals surface area contributed by atoms with Gasteiger partial charge in [0.05, 0.1) is 36.5 Å². The Bertz CT molecular complexity index is 1220. The number of nitriles is 1. The molecule has 2 aliphatic heterocycles. The van der Waals surface area contributed by atoms with Gasteiger partial charge < -0.3 is 15.0 Å². The summed E-state index contributed by atoms with van der Waals surface area (Å²) in [6.07, 6.45) is -3.46. The predicted molar refractivity (Wildman–Crippen MR) is 114 cm³/mol. The minimum Gasteiger partial charge on any atom is -0.381 e. The van der Waals surface area contributed by atoms with Crippen LogP contribution in [-0.4, -0.2) is 42.0 Å². The van der Waals surface area contributed by atoms with Crippen LogP contribution in [0.4, 0.5) is 17.6 Å². The van der Waals surface area contributed by atoms with Crippen molar-refractivity contribution in [1.82, 2.24) is 10.2 Å². The van der Waals surface area contributed by atoms with Crippen LogP contribution < -0.4 is 5.32 Å². The summed E-state index contributed by atoms with van der Waals surface area (Å²) in [6, 6.07) is 8.71. The molecule has 2 amide bonds. The molecule has 6 nitrogen and oxygen atoms in total. The standard InChI is InChI=1S/C25H21F4N3O3/c26-19-9-17(25(27,28)29)4-5-18(19)22(16-11-35-12-16)31-23(33)21-8-15-7-20(15)32(21)24(34)14-3-1-2-13(6-14)10-30/h1-6,9,15-16,20-22H,7-8,11-12H2,(H,31,33)/t15-,20-,21-,22-/m1/s1. The summed E-state index contributed by atoms with van der Waals surface area (Å²) in [5.74, 6) is -2.04. The lowest BCUT2D eigenvalue weighted by atomic mass is 9.90. The Morgan fingerprint density at radius 3 is 2.54 bits per heavy atom. The number of amides is 2. The van der Waals surface area contributed by atoms with Crippen LogP contribution in [-0.2, 0) is 15.7 Å². The van der Waals surface area contributed by atoms with Crippen LogP contribution in [0.15, 0.2) is 42.5 Å². The first-order valence-electron chi connectivity index (χ1n) is 11.2. The average Bonchev–Trinajstić information content (AvgIpc) is 3.45. The number of rotatable bonds is 5. The van der Waals surface area contributed by atoms with Crippen molar-refractivity contribution < 1.29 is 31.9 Å². The fourth-order valence-corrected chi connectivity index (χ4v) is 4.95. The summed E-state index contributed by atoms with van der Waals surface area (Å²) in [5, 5.41) is 11.9. The van der Waals surface area contributed by atoms with Gasteiger partial charge in [-0.3, -0.25) is 9.59 Å². The number of nitrogens with zero attached hydrogens (tertiary/aromatic N) is 2. The number of piperidine rings is 1. The molecule has 0 unspecified atom stereocenters. The van der Waals surface area contributed by atoms with E-state index in [-0.39, 0.29) is 42.6 Å². The normalized spacial score (nSPS) is 24.2. The van der Waals surface area contributed by atoms with Crippen molar-refractivity contribution in [2.45, 2.75) is 37.1 Å². The molecule has 0 radical (unpaired) electrons. The van der Waals surface area contributed by atoms with E-state index in [0.717, 1.165) is 18.6 Å². The van der Waals surface area contributed by atoms with Crippen molar-refractivity contribution in [2.24, 2.45) is 11.8 Å². The van der Waals surface area contributed by atoms with Crippen LogP contribution in [0.5, 0.6) is 0 Å². The Hall–Kier alpha value is -3.45. The van der Waals surface area contributed by atoms with Crippen LogP contribution in [0.2, 0.25) is 0 Å². The molecule has 0 bridgehead atoms. The Balaban J connectivity index is 1.38. The number of halogens is 4. The fraction of sp³-hybridized carbons (Fsp3) is 0.400. The highest BCUT2D eigenvalue weighted by Gasteiger charge is 2.56. The van der Waals surface area contributed by atoms with Gasteiger partial charge in [0, 0.05) is 23.1 Å². The number of fused-ring (bicyclic) bond motifs is 1. The molecule has 3 fully saturated rings. The summed E-state index contributed by atoms with van der Waals surface area (Å²) in [5.41, 5.74) is -0.540. The largest absolute Gasteiger partial charge is 0.416 e. The van der Waals surface area contributed by atoms with Crippen LogP contribution in [0.3, 0.4) is 0 Å². The summed E-state index contributed by atoms with van der Waals surface area (Å²) in [7, 11) is 0. The zero-order valence-electron chi connectivity index (χ0n) is 18.4. The summed E-state index contributed by atoms with van der Waals surface area (Å²) in [6.45, 7) is 0.454. The van der Waals surface area contributed by atoms with E-state index in [1.54, 1.807) is 18.2 Å². The van der Waals surface area contributed by atoms with E-state index in [4.69, 9.17) is 10.00 Å². The van der Waals surface area contributed by atoms with E-state index in [1.807, 2.05) is 6.07 Å². The Morgan fingerprint density at radius 2 is 1.91 bits per heavy atom. The number of ether oxygens (including phenoxy) is 1. The van der Waals surface area contributed by atoms with Gasteiger partial charge in [0.15, 0.2) is 0 Å². The number of carbonyl (C=O) groups is 2. The van der Waals surface area contributed by atoms with Gasteiger partial charge >= 0.3 is 6.18 Å². The number of carbonyl (C=O) groups excluding carboxylic acids is 2. The topological polar surface area (TPSA) is 82.4 Å². The molecule has 0 aromatic heterocycles. The molecule has 1 saturated carbocycles.